The normalized spacial score (nSPS) is 11.3. The third-order valence-corrected chi connectivity index (χ3v) is 2.35. The van der Waals surface area contributed by atoms with Crippen LogP contribution in [0.2, 0.25) is 0 Å². The van der Waals surface area contributed by atoms with E-state index in [1.54, 1.807) is 0 Å². The summed E-state index contributed by atoms with van der Waals surface area (Å²) in [6.45, 7) is 9.73. The first-order valence-corrected chi connectivity index (χ1v) is 5.98. The molecule has 1 aromatic carbocycles. The van der Waals surface area contributed by atoms with Gasteiger partial charge >= 0.3 is 0 Å². The quantitative estimate of drug-likeness (QED) is 0.783. The maximum Gasteiger partial charge on any atom is 0.251 e. The lowest BCUT2D eigenvalue weighted by molar-refractivity contribution is 0.0953. The first-order chi connectivity index (χ1) is 7.88. The van der Waals surface area contributed by atoms with Crippen LogP contribution in [0.1, 0.15) is 36.7 Å². The molecular weight excluding hydrogens is 212 g/mol. The Morgan fingerprint density at radius 1 is 1.24 bits per heavy atom. The fourth-order valence-electron chi connectivity index (χ4n) is 1.50. The highest BCUT2D eigenvalue weighted by Crippen LogP contribution is 2.03. The highest BCUT2D eigenvalue weighted by atomic mass is 16.1. The van der Waals surface area contributed by atoms with E-state index in [1.807, 2.05) is 31.2 Å². The number of carbonyl (C=O) groups excluding carboxylic acids is 1. The second kappa shape index (κ2) is 5.82. The van der Waals surface area contributed by atoms with Gasteiger partial charge in [0.1, 0.15) is 0 Å². The van der Waals surface area contributed by atoms with Crippen molar-refractivity contribution in [3.8, 4) is 0 Å². The predicted octanol–water partition coefficient (Wildman–Crippen LogP) is 2.11. The standard InChI is InChI=1S/C14H22N2O/c1-11-6-5-7-12(10-11)13(17)15-8-9-16-14(2,3)4/h5-7,10,16H,8-9H2,1-4H3,(H,15,17). The zero-order valence-corrected chi connectivity index (χ0v) is 11.1. The summed E-state index contributed by atoms with van der Waals surface area (Å²) in [5.74, 6) is -0.00981. The molecule has 17 heavy (non-hydrogen) atoms. The van der Waals surface area contributed by atoms with Crippen LogP contribution in [0.15, 0.2) is 24.3 Å². The summed E-state index contributed by atoms with van der Waals surface area (Å²) in [4.78, 5) is 11.8. The molecule has 0 bridgehead atoms. The molecule has 0 aliphatic carbocycles. The van der Waals surface area contributed by atoms with E-state index in [9.17, 15) is 4.79 Å². The molecule has 0 saturated carbocycles. The van der Waals surface area contributed by atoms with Gasteiger partial charge in [-0.25, -0.2) is 0 Å². The van der Waals surface area contributed by atoms with Gasteiger partial charge < -0.3 is 10.6 Å². The van der Waals surface area contributed by atoms with Crippen molar-refractivity contribution in [3.63, 3.8) is 0 Å². The molecule has 0 unspecified atom stereocenters. The van der Waals surface area contributed by atoms with Crippen LogP contribution in [0.5, 0.6) is 0 Å². The Labute approximate surface area is 104 Å². The highest BCUT2D eigenvalue weighted by molar-refractivity contribution is 5.94. The number of benzene rings is 1. The second-order valence-electron chi connectivity index (χ2n) is 5.30. The minimum atomic E-state index is -0.00981. The SMILES string of the molecule is Cc1cccc(C(=O)NCCNC(C)(C)C)c1. The lowest BCUT2D eigenvalue weighted by Crippen LogP contribution is -2.41. The molecule has 0 saturated heterocycles. The number of carbonyl (C=O) groups is 1. The Bertz CT molecular complexity index is 380. The maximum absolute atomic E-state index is 11.8. The minimum absolute atomic E-state index is 0.00981. The van der Waals surface area contributed by atoms with E-state index < -0.39 is 0 Å². The van der Waals surface area contributed by atoms with Gasteiger partial charge in [-0.3, -0.25) is 4.79 Å². The van der Waals surface area contributed by atoms with Crippen molar-refractivity contribution in [3.05, 3.63) is 35.4 Å². The van der Waals surface area contributed by atoms with Crippen LogP contribution in [-0.2, 0) is 0 Å². The molecule has 3 heteroatoms. The van der Waals surface area contributed by atoms with Crippen LogP contribution in [-0.4, -0.2) is 24.5 Å². The lowest BCUT2D eigenvalue weighted by atomic mass is 10.1. The summed E-state index contributed by atoms with van der Waals surface area (Å²) in [6, 6.07) is 7.61. The molecule has 2 N–H and O–H groups in total. The van der Waals surface area contributed by atoms with Gasteiger partial charge in [-0.15, -0.1) is 0 Å². The molecule has 0 heterocycles. The third kappa shape index (κ3) is 5.50. The van der Waals surface area contributed by atoms with Gasteiger partial charge in [0.2, 0.25) is 0 Å². The van der Waals surface area contributed by atoms with Gasteiger partial charge in [0.05, 0.1) is 0 Å². The van der Waals surface area contributed by atoms with Crippen molar-refractivity contribution in [2.75, 3.05) is 13.1 Å². The monoisotopic (exact) mass is 234 g/mol. The van der Waals surface area contributed by atoms with Crippen LogP contribution < -0.4 is 10.6 Å². The topological polar surface area (TPSA) is 41.1 Å². The number of aryl methyl sites for hydroxylation is 1. The summed E-state index contributed by atoms with van der Waals surface area (Å²) in [5.41, 5.74) is 1.92. The van der Waals surface area contributed by atoms with Gasteiger partial charge in [-0.05, 0) is 39.8 Å². The van der Waals surface area contributed by atoms with E-state index in [2.05, 4.69) is 31.4 Å². The fraction of sp³-hybridized carbons (Fsp3) is 0.500. The molecule has 0 aliphatic heterocycles. The van der Waals surface area contributed by atoms with Gasteiger partial charge in [0.15, 0.2) is 0 Å². The van der Waals surface area contributed by atoms with Crippen LogP contribution >= 0.6 is 0 Å². The van der Waals surface area contributed by atoms with E-state index in [4.69, 9.17) is 0 Å². The van der Waals surface area contributed by atoms with E-state index in [1.165, 1.54) is 0 Å². The van der Waals surface area contributed by atoms with E-state index in [0.29, 0.717) is 6.54 Å². The number of hydrogen-bond acceptors (Lipinski definition) is 2. The van der Waals surface area contributed by atoms with Gasteiger partial charge in [0, 0.05) is 24.2 Å². The summed E-state index contributed by atoms with van der Waals surface area (Å²) >= 11 is 0. The average molecular weight is 234 g/mol. The smallest absolute Gasteiger partial charge is 0.251 e. The van der Waals surface area contributed by atoms with Gasteiger partial charge in [-0.2, -0.15) is 0 Å². The first-order valence-electron chi connectivity index (χ1n) is 5.98. The lowest BCUT2D eigenvalue weighted by Gasteiger charge is -2.20. The van der Waals surface area contributed by atoms with E-state index >= 15 is 0 Å². The Balaban J connectivity index is 2.36. The van der Waals surface area contributed by atoms with Crippen LogP contribution in [0.25, 0.3) is 0 Å². The number of nitrogens with one attached hydrogen (secondary N) is 2. The molecule has 0 fully saturated rings. The van der Waals surface area contributed by atoms with E-state index in [-0.39, 0.29) is 11.4 Å². The van der Waals surface area contributed by atoms with Crippen molar-refractivity contribution < 1.29 is 4.79 Å². The van der Waals surface area contributed by atoms with Crippen LogP contribution in [0.3, 0.4) is 0 Å². The van der Waals surface area contributed by atoms with Crippen molar-refractivity contribution in [1.29, 1.82) is 0 Å². The van der Waals surface area contributed by atoms with Crippen LogP contribution in [0, 0.1) is 6.92 Å². The summed E-state index contributed by atoms with van der Waals surface area (Å²) in [6.07, 6.45) is 0. The molecule has 0 radical (unpaired) electrons. The average Bonchev–Trinajstić information content (AvgIpc) is 2.23. The number of rotatable bonds is 4. The molecule has 1 aromatic rings. The van der Waals surface area contributed by atoms with Crippen molar-refractivity contribution in [2.45, 2.75) is 33.2 Å². The summed E-state index contributed by atoms with van der Waals surface area (Å²) in [5, 5.41) is 6.22. The Morgan fingerprint density at radius 3 is 2.53 bits per heavy atom. The molecule has 0 spiro atoms. The number of hydrogen-bond donors (Lipinski definition) is 2. The molecule has 94 valence electrons. The third-order valence-electron chi connectivity index (χ3n) is 2.35. The zero-order chi connectivity index (χ0) is 12.9. The second-order valence-corrected chi connectivity index (χ2v) is 5.30. The Kier molecular flexibility index (Phi) is 4.70. The number of amides is 1. The molecule has 0 aliphatic rings. The van der Waals surface area contributed by atoms with Crippen molar-refractivity contribution in [1.82, 2.24) is 10.6 Å². The maximum atomic E-state index is 11.8. The van der Waals surface area contributed by atoms with Gasteiger partial charge in [0.25, 0.3) is 5.91 Å². The largest absolute Gasteiger partial charge is 0.351 e. The fourth-order valence-corrected chi connectivity index (χ4v) is 1.50. The Morgan fingerprint density at radius 2 is 1.94 bits per heavy atom. The van der Waals surface area contributed by atoms with Crippen LogP contribution in [0.4, 0.5) is 0 Å². The minimum Gasteiger partial charge on any atom is -0.351 e. The van der Waals surface area contributed by atoms with E-state index in [0.717, 1.165) is 17.7 Å². The summed E-state index contributed by atoms with van der Waals surface area (Å²) < 4.78 is 0. The Hall–Kier alpha value is -1.35. The molecule has 3 nitrogen and oxygen atoms in total. The molecule has 1 amide bonds. The summed E-state index contributed by atoms with van der Waals surface area (Å²) in [7, 11) is 0. The molecular formula is C14H22N2O. The van der Waals surface area contributed by atoms with Crippen molar-refractivity contribution in [2.24, 2.45) is 0 Å². The first kappa shape index (κ1) is 13.7. The zero-order valence-electron chi connectivity index (χ0n) is 11.1. The molecule has 1 rings (SSSR count). The predicted molar refractivity (Wildman–Crippen MR) is 71.3 cm³/mol. The molecule has 0 aromatic heterocycles. The highest BCUT2D eigenvalue weighted by Gasteiger charge is 2.08. The van der Waals surface area contributed by atoms with Gasteiger partial charge in [-0.1, -0.05) is 17.7 Å². The van der Waals surface area contributed by atoms with Crippen molar-refractivity contribution >= 4 is 5.91 Å². The molecule has 0 atom stereocenters.